The van der Waals surface area contributed by atoms with E-state index >= 15 is 0 Å². The van der Waals surface area contributed by atoms with Gasteiger partial charge in [0.2, 0.25) is 0 Å². The molecule has 0 bridgehead atoms. The molecule has 16 heavy (non-hydrogen) atoms. The van der Waals surface area contributed by atoms with Crippen molar-refractivity contribution in [3.63, 3.8) is 0 Å². The van der Waals surface area contributed by atoms with Crippen molar-refractivity contribution in [2.45, 2.75) is 32.6 Å². The summed E-state index contributed by atoms with van der Waals surface area (Å²) in [5.41, 5.74) is -1.31. The zero-order chi connectivity index (χ0) is 12.5. The second-order valence-electron chi connectivity index (χ2n) is 3.87. The molecule has 0 heterocycles. The first-order valence-corrected chi connectivity index (χ1v) is 5.13. The molecule has 0 nitrogen and oxygen atoms in total. The van der Waals surface area contributed by atoms with Gasteiger partial charge in [-0.25, -0.2) is 13.2 Å². The summed E-state index contributed by atoms with van der Waals surface area (Å²) in [7, 11) is 10.5. The molecule has 5 heteroatoms. The van der Waals surface area contributed by atoms with Gasteiger partial charge >= 0.3 is 0 Å². The summed E-state index contributed by atoms with van der Waals surface area (Å²) in [6.07, 6.45) is 1.42. The third-order valence-electron chi connectivity index (χ3n) is 2.64. The van der Waals surface area contributed by atoms with E-state index in [1.54, 1.807) is 6.92 Å². The molecule has 1 aromatic carbocycles. The predicted molar refractivity (Wildman–Crippen MR) is 60.4 cm³/mol. The van der Waals surface area contributed by atoms with Gasteiger partial charge in [0.05, 0.1) is 0 Å². The van der Waals surface area contributed by atoms with E-state index in [1.165, 1.54) is 0 Å². The van der Waals surface area contributed by atoms with Gasteiger partial charge in [-0.3, -0.25) is 0 Å². The Morgan fingerprint density at radius 3 is 2.00 bits per heavy atom. The van der Waals surface area contributed by atoms with Gasteiger partial charge in [-0.2, -0.15) is 0 Å². The molecule has 82 valence electrons. The lowest BCUT2D eigenvalue weighted by Crippen LogP contribution is -2.30. The standard InChI is InChI=1S/C11H11B2F3/c1-3-4-5(2)6-7(12)10(15)11(16)8(13)9(6)14/h5H,3-4H2,1-2H3. The molecule has 0 aliphatic rings. The van der Waals surface area contributed by atoms with E-state index < -0.39 is 28.4 Å². The fourth-order valence-corrected chi connectivity index (χ4v) is 1.77. The Kier molecular flexibility index (Phi) is 4.11. The van der Waals surface area contributed by atoms with Crippen LogP contribution in [0.15, 0.2) is 0 Å². The summed E-state index contributed by atoms with van der Waals surface area (Å²) in [5.74, 6) is -3.92. The maximum atomic E-state index is 13.7. The van der Waals surface area contributed by atoms with Crippen molar-refractivity contribution in [1.29, 1.82) is 0 Å². The van der Waals surface area contributed by atoms with Crippen molar-refractivity contribution in [3.05, 3.63) is 23.0 Å². The van der Waals surface area contributed by atoms with Gasteiger partial charge in [-0.1, -0.05) is 25.7 Å². The average Bonchev–Trinajstić information content (AvgIpc) is 2.24. The average molecular weight is 222 g/mol. The Balaban J connectivity index is 3.39. The van der Waals surface area contributed by atoms with Gasteiger partial charge in [-0.15, -0.1) is 0 Å². The lowest BCUT2D eigenvalue weighted by molar-refractivity contribution is 0.499. The maximum Gasteiger partial charge on any atom is 0.154 e. The molecule has 0 amide bonds. The number of hydrogen-bond donors (Lipinski definition) is 0. The van der Waals surface area contributed by atoms with Gasteiger partial charge in [0.1, 0.15) is 21.5 Å². The van der Waals surface area contributed by atoms with Gasteiger partial charge < -0.3 is 0 Å². The molecule has 0 spiro atoms. The predicted octanol–water partition coefficient (Wildman–Crippen LogP) is 1.60. The Morgan fingerprint density at radius 2 is 1.50 bits per heavy atom. The smallest absolute Gasteiger partial charge is 0.154 e. The molecule has 0 N–H and O–H groups in total. The minimum Gasteiger partial charge on any atom is -0.207 e. The van der Waals surface area contributed by atoms with Crippen LogP contribution in [0.4, 0.5) is 13.2 Å². The Labute approximate surface area is 96.1 Å². The van der Waals surface area contributed by atoms with Crippen molar-refractivity contribution >= 4 is 26.6 Å². The van der Waals surface area contributed by atoms with E-state index in [0.29, 0.717) is 6.42 Å². The van der Waals surface area contributed by atoms with E-state index in [9.17, 15) is 13.2 Å². The Hall–Kier alpha value is -0.860. The van der Waals surface area contributed by atoms with Crippen LogP contribution >= 0.6 is 0 Å². The molecule has 4 radical (unpaired) electrons. The van der Waals surface area contributed by atoms with Gasteiger partial charge in [0, 0.05) is 0 Å². The normalized spacial score (nSPS) is 12.8. The summed E-state index contributed by atoms with van der Waals surface area (Å²) in [6.45, 7) is 3.61. The van der Waals surface area contributed by atoms with Gasteiger partial charge in [-0.05, 0) is 23.4 Å². The van der Waals surface area contributed by atoms with Crippen LogP contribution < -0.4 is 10.9 Å². The molecule has 0 aliphatic carbocycles. The molecular formula is C11H11B2F3. The van der Waals surface area contributed by atoms with Crippen LogP contribution in [0.3, 0.4) is 0 Å². The van der Waals surface area contributed by atoms with Crippen molar-refractivity contribution in [2.24, 2.45) is 0 Å². The second kappa shape index (κ2) is 4.98. The first-order valence-electron chi connectivity index (χ1n) is 5.13. The third-order valence-corrected chi connectivity index (χ3v) is 2.64. The zero-order valence-electron chi connectivity index (χ0n) is 9.28. The first-order chi connectivity index (χ1) is 7.41. The highest BCUT2D eigenvalue weighted by molar-refractivity contribution is 6.36. The molecule has 0 saturated carbocycles. The zero-order valence-corrected chi connectivity index (χ0v) is 9.28. The minimum absolute atomic E-state index is 0.0294. The highest BCUT2D eigenvalue weighted by Gasteiger charge is 2.22. The quantitative estimate of drug-likeness (QED) is 0.538. The van der Waals surface area contributed by atoms with E-state index in [1.807, 2.05) is 6.92 Å². The monoisotopic (exact) mass is 222 g/mol. The van der Waals surface area contributed by atoms with Crippen LogP contribution in [-0.4, -0.2) is 15.7 Å². The van der Waals surface area contributed by atoms with E-state index in [0.717, 1.165) is 6.42 Å². The van der Waals surface area contributed by atoms with Crippen molar-refractivity contribution < 1.29 is 13.2 Å². The van der Waals surface area contributed by atoms with Crippen LogP contribution in [0.2, 0.25) is 0 Å². The summed E-state index contributed by atoms with van der Waals surface area (Å²) in [5, 5.41) is 0. The van der Waals surface area contributed by atoms with Gasteiger partial charge in [0.15, 0.2) is 11.6 Å². The summed E-state index contributed by atoms with van der Waals surface area (Å²) in [6, 6.07) is 0. The molecule has 0 fully saturated rings. The molecule has 1 rings (SSSR count). The number of hydrogen-bond acceptors (Lipinski definition) is 0. The molecule has 1 aromatic rings. The van der Waals surface area contributed by atoms with Crippen molar-refractivity contribution in [3.8, 4) is 0 Å². The number of halogens is 3. The van der Waals surface area contributed by atoms with Crippen LogP contribution in [0.1, 0.15) is 38.2 Å². The molecule has 1 atom stereocenters. The fourth-order valence-electron chi connectivity index (χ4n) is 1.77. The number of benzene rings is 1. The maximum absolute atomic E-state index is 13.7. The van der Waals surface area contributed by atoms with Crippen LogP contribution in [0.25, 0.3) is 0 Å². The summed E-state index contributed by atoms with van der Waals surface area (Å²) < 4.78 is 40.0. The highest BCUT2D eigenvalue weighted by atomic mass is 19.2. The van der Waals surface area contributed by atoms with Crippen LogP contribution in [-0.2, 0) is 0 Å². The summed E-state index contributed by atoms with van der Waals surface area (Å²) in [4.78, 5) is 0. The lowest BCUT2D eigenvalue weighted by Gasteiger charge is -2.18. The molecule has 1 unspecified atom stereocenters. The largest absolute Gasteiger partial charge is 0.207 e. The molecular weight excluding hydrogens is 211 g/mol. The highest BCUT2D eigenvalue weighted by Crippen LogP contribution is 2.22. The van der Waals surface area contributed by atoms with E-state index in [4.69, 9.17) is 15.7 Å². The van der Waals surface area contributed by atoms with Gasteiger partial charge in [0.25, 0.3) is 0 Å². The molecule has 0 aromatic heterocycles. The minimum atomic E-state index is -1.41. The van der Waals surface area contributed by atoms with Crippen molar-refractivity contribution in [2.75, 3.05) is 0 Å². The second-order valence-corrected chi connectivity index (χ2v) is 3.87. The Morgan fingerprint density at radius 1 is 1.00 bits per heavy atom. The van der Waals surface area contributed by atoms with E-state index in [-0.39, 0.29) is 11.5 Å². The Bertz CT molecular complexity index is 376. The lowest BCUT2D eigenvalue weighted by atomic mass is 9.78. The topological polar surface area (TPSA) is 0 Å². The fraction of sp³-hybridized carbons (Fsp3) is 0.455. The third kappa shape index (κ3) is 2.13. The number of rotatable bonds is 3. The first kappa shape index (κ1) is 13.2. The SMILES string of the molecule is [B]c1c(F)c(F)c([B])c(C(C)CCC)c1F. The van der Waals surface area contributed by atoms with E-state index in [2.05, 4.69) is 0 Å². The molecule has 0 saturated heterocycles. The summed E-state index contributed by atoms with van der Waals surface area (Å²) >= 11 is 0. The molecule has 0 aliphatic heterocycles. The van der Waals surface area contributed by atoms with Crippen molar-refractivity contribution in [1.82, 2.24) is 0 Å². The van der Waals surface area contributed by atoms with Crippen LogP contribution in [0.5, 0.6) is 0 Å². The van der Waals surface area contributed by atoms with Crippen LogP contribution in [0, 0.1) is 17.5 Å².